The molecule has 2 N–H and O–H groups in total. The first-order chi connectivity index (χ1) is 15.2. The summed E-state index contributed by atoms with van der Waals surface area (Å²) in [6.45, 7) is 0. The first kappa shape index (κ1) is 19.7. The molecule has 5 rings (SSSR count). The van der Waals surface area contributed by atoms with E-state index in [1.54, 1.807) is 25.6 Å². The molecule has 2 aliphatic rings. The van der Waals surface area contributed by atoms with E-state index in [1.165, 1.54) is 4.88 Å². The highest BCUT2D eigenvalue weighted by molar-refractivity contribution is 7.10. The molecule has 2 unspecified atom stereocenters. The molecule has 2 aromatic carbocycles. The molecule has 158 valence electrons. The molecule has 1 aliphatic carbocycles. The van der Waals surface area contributed by atoms with Crippen LogP contribution in [0.15, 0.2) is 71.2 Å². The van der Waals surface area contributed by atoms with Gasteiger partial charge in [-0.3, -0.25) is 4.79 Å². The second-order valence-electron chi connectivity index (χ2n) is 7.79. The zero-order valence-electron chi connectivity index (χ0n) is 17.5. The molecule has 31 heavy (non-hydrogen) atoms. The van der Waals surface area contributed by atoms with E-state index in [4.69, 9.17) is 9.47 Å². The summed E-state index contributed by atoms with van der Waals surface area (Å²) in [6, 6.07) is 17.6. The van der Waals surface area contributed by atoms with Crippen molar-refractivity contribution in [1.29, 1.82) is 0 Å². The zero-order chi connectivity index (χ0) is 21.4. The fourth-order valence-corrected chi connectivity index (χ4v) is 5.35. The molecular formula is C25H24N2O3S. The number of nitrogens with one attached hydrogen (secondary N) is 2. The largest absolute Gasteiger partial charge is 0.497 e. The Labute approximate surface area is 185 Å². The molecular weight excluding hydrogens is 408 g/mol. The number of methoxy groups -OCH3 is 2. The molecule has 6 heteroatoms. The maximum Gasteiger partial charge on any atom is 0.163 e. The predicted octanol–water partition coefficient (Wildman–Crippen LogP) is 5.74. The van der Waals surface area contributed by atoms with E-state index in [9.17, 15) is 4.79 Å². The summed E-state index contributed by atoms with van der Waals surface area (Å²) in [5.74, 6) is 1.79. The minimum atomic E-state index is -0.340. The molecule has 0 amide bonds. The van der Waals surface area contributed by atoms with Gasteiger partial charge in [-0.2, -0.15) is 0 Å². The minimum Gasteiger partial charge on any atom is -0.497 e. The van der Waals surface area contributed by atoms with E-state index in [0.29, 0.717) is 6.42 Å². The molecule has 1 aliphatic heterocycles. The molecule has 3 aromatic rings. The SMILES string of the molecule is COc1ccc(OC)c(C2Nc3ccccc3NC3=C2C(=O)CC(c2cccs2)C3)c1. The van der Waals surface area contributed by atoms with Crippen LogP contribution in [0.5, 0.6) is 11.5 Å². The van der Waals surface area contributed by atoms with Gasteiger partial charge < -0.3 is 20.1 Å². The Hall–Kier alpha value is -3.25. The van der Waals surface area contributed by atoms with Gasteiger partial charge in [0.15, 0.2) is 5.78 Å². The second-order valence-corrected chi connectivity index (χ2v) is 8.77. The van der Waals surface area contributed by atoms with Crippen LogP contribution in [0.4, 0.5) is 11.4 Å². The van der Waals surface area contributed by atoms with Gasteiger partial charge in [-0.1, -0.05) is 18.2 Å². The maximum absolute atomic E-state index is 13.6. The highest BCUT2D eigenvalue weighted by atomic mass is 32.1. The molecule has 5 nitrogen and oxygen atoms in total. The van der Waals surface area contributed by atoms with Crippen LogP contribution >= 0.6 is 11.3 Å². The summed E-state index contributed by atoms with van der Waals surface area (Å²) >= 11 is 1.72. The van der Waals surface area contributed by atoms with E-state index in [-0.39, 0.29) is 17.7 Å². The van der Waals surface area contributed by atoms with Crippen LogP contribution in [0, 0.1) is 0 Å². The van der Waals surface area contributed by atoms with Crippen LogP contribution in [0.2, 0.25) is 0 Å². The number of para-hydroxylation sites is 2. The van der Waals surface area contributed by atoms with Gasteiger partial charge in [0.05, 0.1) is 31.6 Å². The van der Waals surface area contributed by atoms with E-state index >= 15 is 0 Å². The predicted molar refractivity (Wildman–Crippen MR) is 124 cm³/mol. The highest BCUT2D eigenvalue weighted by Gasteiger charge is 2.37. The van der Waals surface area contributed by atoms with E-state index in [1.807, 2.05) is 42.5 Å². The van der Waals surface area contributed by atoms with Crippen molar-refractivity contribution in [3.63, 3.8) is 0 Å². The number of ether oxygens (including phenoxy) is 2. The molecule has 0 saturated carbocycles. The van der Waals surface area contributed by atoms with Crippen LogP contribution in [0.3, 0.4) is 0 Å². The second kappa shape index (κ2) is 8.12. The summed E-state index contributed by atoms with van der Waals surface area (Å²) in [5, 5.41) is 9.26. The van der Waals surface area contributed by atoms with Gasteiger partial charge in [-0.15, -0.1) is 11.3 Å². The summed E-state index contributed by atoms with van der Waals surface area (Å²) in [4.78, 5) is 14.8. The number of carbonyl (C=O) groups is 1. The standard InChI is InChI=1S/C25H24N2O3S/c1-29-16-9-10-22(30-2)17(14-16)25-24-20(26-18-6-3-4-7-19(18)27-25)12-15(13-21(24)28)23-8-5-11-31-23/h3-11,14-15,25-27H,12-13H2,1-2H3. The Morgan fingerprint density at radius 1 is 0.968 bits per heavy atom. The van der Waals surface area contributed by atoms with Crippen LogP contribution in [-0.2, 0) is 4.79 Å². The van der Waals surface area contributed by atoms with Gasteiger partial charge in [0.1, 0.15) is 11.5 Å². The summed E-state index contributed by atoms with van der Waals surface area (Å²) in [7, 11) is 3.30. The number of thiophene rings is 1. The number of carbonyl (C=O) groups excluding carboxylic acids is 1. The topological polar surface area (TPSA) is 59.6 Å². The summed E-state index contributed by atoms with van der Waals surface area (Å²) < 4.78 is 11.1. The third kappa shape index (κ3) is 3.57. The molecule has 0 saturated heterocycles. The van der Waals surface area contributed by atoms with Gasteiger partial charge in [-0.05, 0) is 48.2 Å². The van der Waals surface area contributed by atoms with Gasteiger partial charge in [0, 0.05) is 34.0 Å². The third-order valence-electron chi connectivity index (χ3n) is 6.00. The number of benzene rings is 2. The number of hydrogen-bond acceptors (Lipinski definition) is 6. The molecule has 0 fully saturated rings. The van der Waals surface area contributed by atoms with Crippen molar-refractivity contribution in [2.24, 2.45) is 0 Å². The maximum atomic E-state index is 13.6. The number of allylic oxidation sites excluding steroid dienone is 1. The fraction of sp³-hybridized carbons (Fsp3) is 0.240. The quantitative estimate of drug-likeness (QED) is 0.550. The summed E-state index contributed by atoms with van der Waals surface area (Å²) in [6.07, 6.45) is 1.29. The molecule has 0 radical (unpaired) electrons. The van der Waals surface area contributed by atoms with Crippen molar-refractivity contribution in [3.8, 4) is 11.5 Å². The van der Waals surface area contributed by atoms with Crippen molar-refractivity contribution in [3.05, 3.63) is 81.7 Å². The highest BCUT2D eigenvalue weighted by Crippen LogP contribution is 2.46. The van der Waals surface area contributed by atoms with Crippen LogP contribution in [0.25, 0.3) is 0 Å². The van der Waals surface area contributed by atoms with Crippen molar-refractivity contribution in [2.45, 2.75) is 24.8 Å². The zero-order valence-corrected chi connectivity index (χ0v) is 18.3. The lowest BCUT2D eigenvalue weighted by Crippen LogP contribution is -2.26. The van der Waals surface area contributed by atoms with Crippen LogP contribution in [-0.4, -0.2) is 20.0 Å². The van der Waals surface area contributed by atoms with Gasteiger partial charge in [0.2, 0.25) is 0 Å². The number of ketones is 1. The van der Waals surface area contributed by atoms with Crippen LogP contribution in [0.1, 0.15) is 35.2 Å². The normalized spacial score (nSPS) is 20.1. The van der Waals surface area contributed by atoms with Crippen molar-refractivity contribution in [1.82, 2.24) is 0 Å². The Kier molecular flexibility index (Phi) is 5.16. The number of hydrogen-bond donors (Lipinski definition) is 2. The molecule has 2 atom stereocenters. The smallest absolute Gasteiger partial charge is 0.163 e. The van der Waals surface area contributed by atoms with Crippen molar-refractivity contribution in [2.75, 3.05) is 24.9 Å². The van der Waals surface area contributed by atoms with Crippen molar-refractivity contribution >= 4 is 28.5 Å². The molecule has 2 heterocycles. The summed E-state index contributed by atoms with van der Waals surface area (Å²) in [5.41, 5.74) is 4.56. The Morgan fingerprint density at radius 3 is 2.55 bits per heavy atom. The molecule has 0 bridgehead atoms. The monoisotopic (exact) mass is 432 g/mol. The minimum absolute atomic E-state index is 0.155. The fourth-order valence-electron chi connectivity index (χ4n) is 4.52. The Bertz CT molecular complexity index is 1150. The number of Topliss-reactive ketones (excluding diaryl/α,β-unsaturated/α-hetero) is 1. The third-order valence-corrected chi connectivity index (χ3v) is 7.04. The first-order valence-electron chi connectivity index (χ1n) is 10.3. The Balaban J connectivity index is 1.67. The van der Waals surface area contributed by atoms with Crippen LogP contribution < -0.4 is 20.1 Å². The van der Waals surface area contributed by atoms with Gasteiger partial charge in [-0.25, -0.2) is 0 Å². The average molecular weight is 433 g/mol. The molecule has 1 aromatic heterocycles. The van der Waals surface area contributed by atoms with Crippen molar-refractivity contribution < 1.29 is 14.3 Å². The average Bonchev–Trinajstić information content (AvgIpc) is 3.27. The van der Waals surface area contributed by atoms with E-state index < -0.39 is 0 Å². The number of anilines is 2. The lowest BCUT2D eigenvalue weighted by molar-refractivity contribution is -0.116. The lowest BCUT2D eigenvalue weighted by atomic mass is 9.80. The van der Waals surface area contributed by atoms with E-state index in [2.05, 4.69) is 28.1 Å². The first-order valence-corrected chi connectivity index (χ1v) is 11.2. The Morgan fingerprint density at radius 2 is 1.81 bits per heavy atom. The lowest BCUT2D eigenvalue weighted by Gasteiger charge is -2.30. The number of fused-ring (bicyclic) bond motifs is 1. The molecule has 0 spiro atoms. The van der Waals surface area contributed by atoms with Gasteiger partial charge >= 0.3 is 0 Å². The van der Waals surface area contributed by atoms with Gasteiger partial charge in [0.25, 0.3) is 0 Å². The number of rotatable bonds is 4. The van der Waals surface area contributed by atoms with E-state index in [0.717, 1.165) is 46.1 Å².